The summed E-state index contributed by atoms with van der Waals surface area (Å²) < 4.78 is 0. The summed E-state index contributed by atoms with van der Waals surface area (Å²) in [6.07, 6.45) is 1.74. The lowest BCUT2D eigenvalue weighted by Crippen LogP contribution is -2.55. The van der Waals surface area contributed by atoms with Gasteiger partial charge in [-0.3, -0.25) is 14.6 Å². The molecule has 1 aromatic carbocycles. The first-order chi connectivity index (χ1) is 9.60. The lowest BCUT2D eigenvalue weighted by molar-refractivity contribution is -0.124. The van der Waals surface area contributed by atoms with Crippen LogP contribution in [-0.4, -0.2) is 39.8 Å². The maximum atomic E-state index is 12.4. The van der Waals surface area contributed by atoms with Crippen molar-refractivity contribution in [2.45, 2.75) is 13.8 Å². The summed E-state index contributed by atoms with van der Waals surface area (Å²) in [5, 5.41) is 0. The van der Waals surface area contributed by atoms with Gasteiger partial charge in [-0.1, -0.05) is 42.5 Å². The minimum atomic E-state index is -0.338. The van der Waals surface area contributed by atoms with Gasteiger partial charge in [0.05, 0.1) is 5.57 Å². The molecule has 1 fully saturated rings. The second kappa shape index (κ2) is 5.96. The number of thiocarbonyl (C=S) groups is 1. The van der Waals surface area contributed by atoms with Crippen molar-refractivity contribution in [2.24, 2.45) is 0 Å². The van der Waals surface area contributed by atoms with Gasteiger partial charge in [-0.25, -0.2) is 4.79 Å². The molecule has 104 valence electrons. The Morgan fingerprint density at radius 2 is 1.65 bits per heavy atom. The molecule has 20 heavy (non-hydrogen) atoms. The zero-order chi connectivity index (χ0) is 14.7. The number of carbonyl (C=O) groups is 2. The number of amides is 3. The van der Waals surface area contributed by atoms with E-state index in [0.29, 0.717) is 23.7 Å². The number of hydrogen-bond donors (Lipinski definition) is 0. The average molecular weight is 288 g/mol. The van der Waals surface area contributed by atoms with E-state index in [2.05, 4.69) is 0 Å². The van der Waals surface area contributed by atoms with Crippen LogP contribution in [0.4, 0.5) is 4.79 Å². The van der Waals surface area contributed by atoms with Crippen LogP contribution in [0.5, 0.6) is 0 Å². The highest BCUT2D eigenvalue weighted by Gasteiger charge is 2.37. The van der Waals surface area contributed by atoms with Gasteiger partial charge in [0.25, 0.3) is 5.91 Å². The number of hydrogen-bond acceptors (Lipinski definition) is 3. The van der Waals surface area contributed by atoms with Crippen molar-refractivity contribution in [3.8, 4) is 0 Å². The third kappa shape index (κ3) is 2.49. The Hall–Kier alpha value is -2.01. The maximum absolute atomic E-state index is 12.4. The molecule has 3 amide bonds. The van der Waals surface area contributed by atoms with Crippen LogP contribution in [0.15, 0.2) is 35.9 Å². The summed E-state index contributed by atoms with van der Waals surface area (Å²) >= 11 is 5.29. The van der Waals surface area contributed by atoms with Crippen LogP contribution in [0.25, 0.3) is 6.08 Å². The monoisotopic (exact) mass is 288 g/mol. The van der Waals surface area contributed by atoms with Gasteiger partial charge in [0, 0.05) is 13.1 Å². The summed E-state index contributed by atoms with van der Waals surface area (Å²) in [6.45, 7) is 4.41. The molecule has 1 heterocycles. The van der Waals surface area contributed by atoms with Crippen molar-refractivity contribution in [2.75, 3.05) is 13.1 Å². The van der Waals surface area contributed by atoms with Crippen LogP contribution in [0.3, 0.4) is 0 Å². The maximum Gasteiger partial charge on any atom is 0.332 e. The minimum absolute atomic E-state index is 0.302. The molecule has 5 heteroatoms. The van der Waals surface area contributed by atoms with Gasteiger partial charge in [-0.15, -0.1) is 0 Å². The lowest BCUT2D eigenvalue weighted by atomic mass is 10.1. The molecule has 1 saturated heterocycles. The van der Waals surface area contributed by atoms with Crippen LogP contribution in [0, 0.1) is 0 Å². The van der Waals surface area contributed by atoms with E-state index in [-0.39, 0.29) is 11.9 Å². The van der Waals surface area contributed by atoms with Gasteiger partial charge in [0.15, 0.2) is 0 Å². The van der Waals surface area contributed by atoms with Gasteiger partial charge in [-0.2, -0.15) is 0 Å². The molecule has 0 bridgehead atoms. The molecule has 4 nitrogen and oxygen atoms in total. The van der Waals surface area contributed by atoms with E-state index in [1.165, 1.54) is 9.80 Å². The average Bonchev–Trinajstić information content (AvgIpc) is 2.46. The van der Waals surface area contributed by atoms with Crippen molar-refractivity contribution < 1.29 is 9.59 Å². The fraction of sp³-hybridized carbons (Fsp3) is 0.267. The first-order valence-corrected chi connectivity index (χ1v) is 6.95. The predicted molar refractivity (Wildman–Crippen MR) is 82.2 cm³/mol. The fourth-order valence-corrected chi connectivity index (χ4v) is 2.45. The summed E-state index contributed by atoms with van der Waals surface area (Å²) in [5.74, 6) is -0.323. The SMILES string of the molecule is CCN1C(=O)C(=Cc2ccccc2)C(=S)N(CC)C1=O. The highest BCUT2D eigenvalue weighted by atomic mass is 32.1. The van der Waals surface area contributed by atoms with E-state index < -0.39 is 0 Å². The lowest BCUT2D eigenvalue weighted by Gasteiger charge is -2.34. The molecule has 0 N–H and O–H groups in total. The summed E-state index contributed by atoms with van der Waals surface area (Å²) in [4.78, 5) is 27.5. The van der Waals surface area contributed by atoms with Gasteiger partial charge < -0.3 is 0 Å². The van der Waals surface area contributed by atoms with Crippen molar-refractivity contribution in [1.29, 1.82) is 0 Å². The summed E-state index contributed by atoms with van der Waals surface area (Å²) in [6, 6.07) is 9.14. The van der Waals surface area contributed by atoms with E-state index >= 15 is 0 Å². The van der Waals surface area contributed by atoms with Crippen LogP contribution in [0.1, 0.15) is 19.4 Å². The molecular weight excluding hydrogens is 272 g/mol. The highest BCUT2D eigenvalue weighted by Crippen LogP contribution is 2.20. The number of benzene rings is 1. The van der Waals surface area contributed by atoms with Crippen molar-refractivity contribution in [1.82, 2.24) is 9.80 Å². The minimum Gasteiger partial charge on any atom is -0.284 e. The molecule has 0 saturated carbocycles. The molecule has 1 aliphatic heterocycles. The van der Waals surface area contributed by atoms with E-state index in [1.807, 2.05) is 37.3 Å². The summed E-state index contributed by atoms with van der Waals surface area (Å²) in [7, 11) is 0. The Bertz CT molecular complexity index is 553. The number of likely N-dealkylation sites (N-methyl/N-ethyl adjacent to an activating group) is 2. The second-order valence-electron chi connectivity index (χ2n) is 4.35. The van der Waals surface area contributed by atoms with Gasteiger partial charge in [0.2, 0.25) is 0 Å². The van der Waals surface area contributed by atoms with E-state index in [0.717, 1.165) is 5.56 Å². The van der Waals surface area contributed by atoms with E-state index in [9.17, 15) is 9.59 Å². The van der Waals surface area contributed by atoms with Gasteiger partial charge in [0.1, 0.15) is 4.99 Å². The Morgan fingerprint density at radius 1 is 1.05 bits per heavy atom. The summed E-state index contributed by atoms with van der Waals surface area (Å²) in [5.41, 5.74) is 1.29. The zero-order valence-corrected chi connectivity index (χ0v) is 12.3. The molecule has 0 atom stereocenters. The normalized spacial score (nSPS) is 18.1. The Morgan fingerprint density at radius 3 is 2.20 bits per heavy atom. The topological polar surface area (TPSA) is 40.6 Å². The van der Waals surface area contributed by atoms with Crippen LogP contribution >= 0.6 is 12.2 Å². The molecule has 0 aliphatic carbocycles. The first-order valence-electron chi connectivity index (χ1n) is 6.54. The third-order valence-electron chi connectivity index (χ3n) is 3.16. The molecular formula is C15H16N2O2S. The molecule has 0 unspecified atom stereocenters. The van der Waals surface area contributed by atoms with Crippen LogP contribution in [0.2, 0.25) is 0 Å². The number of carbonyl (C=O) groups excluding carboxylic acids is 2. The van der Waals surface area contributed by atoms with E-state index in [1.54, 1.807) is 13.0 Å². The molecule has 0 radical (unpaired) electrons. The van der Waals surface area contributed by atoms with Crippen molar-refractivity contribution in [3.05, 3.63) is 41.5 Å². The largest absolute Gasteiger partial charge is 0.332 e. The smallest absolute Gasteiger partial charge is 0.284 e. The quantitative estimate of drug-likeness (QED) is 0.634. The highest BCUT2D eigenvalue weighted by molar-refractivity contribution is 7.81. The Kier molecular flexibility index (Phi) is 4.29. The molecule has 1 aromatic rings. The molecule has 2 rings (SSSR count). The molecule has 0 spiro atoms. The number of imide groups is 1. The molecule has 0 aromatic heterocycles. The number of rotatable bonds is 3. The van der Waals surface area contributed by atoms with Crippen molar-refractivity contribution >= 4 is 35.2 Å². The van der Waals surface area contributed by atoms with Crippen LogP contribution in [-0.2, 0) is 4.79 Å². The standard InChI is InChI=1S/C15H16N2O2S/c1-3-16-13(18)12(10-11-8-6-5-7-9-11)14(20)17(4-2)15(16)19/h5-10H,3-4H2,1-2H3. The second-order valence-corrected chi connectivity index (χ2v) is 4.74. The van der Waals surface area contributed by atoms with Gasteiger partial charge in [-0.05, 0) is 25.5 Å². The Balaban J connectivity index is 2.45. The fourth-order valence-electron chi connectivity index (χ4n) is 2.10. The number of urea groups is 1. The first kappa shape index (κ1) is 14.4. The van der Waals surface area contributed by atoms with Crippen LogP contribution < -0.4 is 0 Å². The predicted octanol–water partition coefficient (Wildman–Crippen LogP) is 2.70. The van der Waals surface area contributed by atoms with Crippen molar-refractivity contribution in [3.63, 3.8) is 0 Å². The Labute approximate surface area is 123 Å². The number of nitrogens with zero attached hydrogens (tertiary/aromatic N) is 2. The zero-order valence-electron chi connectivity index (χ0n) is 11.5. The molecule has 1 aliphatic rings. The van der Waals surface area contributed by atoms with E-state index in [4.69, 9.17) is 12.2 Å². The van der Waals surface area contributed by atoms with Gasteiger partial charge >= 0.3 is 6.03 Å². The third-order valence-corrected chi connectivity index (χ3v) is 3.60.